The summed E-state index contributed by atoms with van der Waals surface area (Å²) < 4.78 is 0. The first-order valence-electron chi connectivity index (χ1n) is 4.97. The summed E-state index contributed by atoms with van der Waals surface area (Å²) in [6, 6.07) is 0. The second kappa shape index (κ2) is 5.50. The maximum atomic E-state index is 4.40. The van der Waals surface area contributed by atoms with E-state index in [0.717, 1.165) is 24.7 Å². The Hall–Kier alpha value is -1.36. The summed E-state index contributed by atoms with van der Waals surface area (Å²) in [5, 5.41) is 3.23. The van der Waals surface area contributed by atoms with Crippen molar-refractivity contribution in [1.29, 1.82) is 0 Å². The lowest BCUT2D eigenvalue weighted by molar-refractivity contribution is 0.425. The molecule has 84 valence electrons. The Morgan fingerprint density at radius 3 is 2.53 bits per heavy atom. The fourth-order valence-electron chi connectivity index (χ4n) is 1.06. The Labute approximate surface area is 91.1 Å². The topological polar surface area (TPSA) is 44.3 Å². The summed E-state index contributed by atoms with van der Waals surface area (Å²) >= 11 is 0. The molecule has 0 atom stereocenters. The molecular formula is C10H19N5. The van der Waals surface area contributed by atoms with Crippen LogP contribution in [0.5, 0.6) is 0 Å². The van der Waals surface area contributed by atoms with Crippen molar-refractivity contribution < 1.29 is 0 Å². The van der Waals surface area contributed by atoms with Crippen LogP contribution in [0.25, 0.3) is 0 Å². The number of nitrogens with one attached hydrogen (secondary N) is 1. The monoisotopic (exact) mass is 209 g/mol. The number of hydrogen-bond donors (Lipinski definition) is 1. The highest BCUT2D eigenvalue weighted by Gasteiger charge is 1.99. The van der Waals surface area contributed by atoms with Gasteiger partial charge in [-0.05, 0) is 14.1 Å². The van der Waals surface area contributed by atoms with Crippen molar-refractivity contribution in [3.8, 4) is 0 Å². The minimum atomic E-state index is 0.822. The Bertz CT molecular complexity index is 298. The standard InChI is InChI=1S/C10H19N5/c1-14(2)6-5-12-9-7-11-8-10(13-9)15(3)4/h7-8H,5-6H2,1-4H3,(H,12,13). The van der Waals surface area contributed by atoms with Crippen LogP contribution >= 0.6 is 0 Å². The van der Waals surface area contributed by atoms with E-state index in [1.807, 2.05) is 33.1 Å². The molecule has 0 saturated heterocycles. The second-order valence-corrected chi connectivity index (χ2v) is 3.89. The summed E-state index contributed by atoms with van der Waals surface area (Å²) in [7, 11) is 7.99. The van der Waals surface area contributed by atoms with Crippen LogP contribution < -0.4 is 10.2 Å². The predicted molar refractivity (Wildman–Crippen MR) is 63.4 cm³/mol. The molecule has 0 amide bonds. The van der Waals surface area contributed by atoms with Gasteiger partial charge >= 0.3 is 0 Å². The normalized spacial score (nSPS) is 10.5. The number of anilines is 2. The first-order valence-corrected chi connectivity index (χ1v) is 4.97. The summed E-state index contributed by atoms with van der Waals surface area (Å²) in [6.07, 6.45) is 3.49. The third-order valence-corrected chi connectivity index (χ3v) is 1.95. The van der Waals surface area contributed by atoms with E-state index in [2.05, 4.69) is 20.2 Å². The van der Waals surface area contributed by atoms with Crippen molar-refractivity contribution in [2.24, 2.45) is 0 Å². The van der Waals surface area contributed by atoms with Gasteiger partial charge in [0.05, 0.1) is 12.4 Å². The minimum absolute atomic E-state index is 0.822. The lowest BCUT2D eigenvalue weighted by Gasteiger charge is -2.13. The van der Waals surface area contributed by atoms with Crippen molar-refractivity contribution in [2.75, 3.05) is 51.5 Å². The van der Waals surface area contributed by atoms with Gasteiger partial charge in [0.25, 0.3) is 0 Å². The summed E-state index contributed by atoms with van der Waals surface area (Å²) in [5.74, 6) is 1.69. The van der Waals surface area contributed by atoms with Crippen molar-refractivity contribution in [3.05, 3.63) is 12.4 Å². The molecule has 0 radical (unpaired) electrons. The number of hydrogen-bond acceptors (Lipinski definition) is 5. The summed E-state index contributed by atoms with van der Waals surface area (Å²) in [4.78, 5) is 12.6. The molecule has 5 nitrogen and oxygen atoms in total. The summed E-state index contributed by atoms with van der Waals surface area (Å²) in [6.45, 7) is 1.85. The molecule has 1 aromatic heterocycles. The lowest BCUT2D eigenvalue weighted by Crippen LogP contribution is -2.21. The average molecular weight is 209 g/mol. The van der Waals surface area contributed by atoms with Crippen LogP contribution in [0.3, 0.4) is 0 Å². The third kappa shape index (κ3) is 4.12. The number of nitrogens with zero attached hydrogens (tertiary/aromatic N) is 4. The molecule has 0 bridgehead atoms. The number of rotatable bonds is 5. The van der Waals surface area contributed by atoms with Gasteiger partial charge in [0.1, 0.15) is 11.6 Å². The van der Waals surface area contributed by atoms with Crippen LogP contribution in [0.2, 0.25) is 0 Å². The molecule has 15 heavy (non-hydrogen) atoms. The largest absolute Gasteiger partial charge is 0.367 e. The second-order valence-electron chi connectivity index (χ2n) is 3.89. The quantitative estimate of drug-likeness (QED) is 0.765. The first kappa shape index (κ1) is 11.7. The fourth-order valence-corrected chi connectivity index (χ4v) is 1.06. The Morgan fingerprint density at radius 2 is 1.93 bits per heavy atom. The van der Waals surface area contributed by atoms with Crippen LogP contribution in [-0.2, 0) is 0 Å². The smallest absolute Gasteiger partial charge is 0.149 e. The van der Waals surface area contributed by atoms with E-state index < -0.39 is 0 Å². The summed E-state index contributed by atoms with van der Waals surface area (Å²) in [5.41, 5.74) is 0. The molecule has 0 aromatic carbocycles. The molecule has 1 N–H and O–H groups in total. The number of likely N-dealkylation sites (N-methyl/N-ethyl adjacent to an activating group) is 1. The van der Waals surface area contributed by atoms with E-state index in [-0.39, 0.29) is 0 Å². The molecule has 0 spiro atoms. The van der Waals surface area contributed by atoms with Crippen LogP contribution in [0, 0.1) is 0 Å². The molecule has 0 aliphatic rings. The molecule has 0 aliphatic heterocycles. The Morgan fingerprint density at radius 1 is 1.20 bits per heavy atom. The SMILES string of the molecule is CN(C)CCNc1cncc(N(C)C)n1. The van der Waals surface area contributed by atoms with E-state index in [1.165, 1.54) is 0 Å². The molecule has 1 aromatic rings. The van der Waals surface area contributed by atoms with E-state index >= 15 is 0 Å². The Balaban J connectivity index is 2.50. The lowest BCUT2D eigenvalue weighted by atomic mass is 10.5. The van der Waals surface area contributed by atoms with E-state index in [4.69, 9.17) is 0 Å². The van der Waals surface area contributed by atoms with E-state index in [9.17, 15) is 0 Å². The minimum Gasteiger partial charge on any atom is -0.367 e. The van der Waals surface area contributed by atoms with Gasteiger partial charge in [-0.2, -0.15) is 0 Å². The van der Waals surface area contributed by atoms with Gasteiger partial charge in [0.15, 0.2) is 0 Å². The van der Waals surface area contributed by atoms with E-state index in [1.54, 1.807) is 12.4 Å². The van der Waals surface area contributed by atoms with Crippen LogP contribution in [0.1, 0.15) is 0 Å². The zero-order valence-corrected chi connectivity index (χ0v) is 9.86. The van der Waals surface area contributed by atoms with Gasteiger partial charge in [-0.1, -0.05) is 0 Å². The van der Waals surface area contributed by atoms with Gasteiger partial charge in [-0.3, -0.25) is 4.98 Å². The zero-order valence-electron chi connectivity index (χ0n) is 9.86. The molecule has 1 heterocycles. The Kier molecular flexibility index (Phi) is 4.30. The molecule has 0 fully saturated rings. The average Bonchev–Trinajstić information content (AvgIpc) is 2.17. The van der Waals surface area contributed by atoms with E-state index in [0.29, 0.717) is 0 Å². The van der Waals surface area contributed by atoms with Gasteiger partial charge in [-0.25, -0.2) is 4.98 Å². The highest BCUT2D eigenvalue weighted by molar-refractivity contribution is 5.42. The van der Waals surface area contributed by atoms with Crippen molar-refractivity contribution in [3.63, 3.8) is 0 Å². The molecule has 5 heteroatoms. The first-order chi connectivity index (χ1) is 7.09. The highest BCUT2D eigenvalue weighted by Crippen LogP contribution is 2.08. The molecule has 1 rings (SSSR count). The van der Waals surface area contributed by atoms with Crippen molar-refractivity contribution >= 4 is 11.6 Å². The molecular weight excluding hydrogens is 190 g/mol. The predicted octanol–water partition coefficient (Wildman–Crippen LogP) is 0.516. The fraction of sp³-hybridized carbons (Fsp3) is 0.600. The third-order valence-electron chi connectivity index (χ3n) is 1.95. The number of aromatic nitrogens is 2. The van der Waals surface area contributed by atoms with Crippen molar-refractivity contribution in [1.82, 2.24) is 14.9 Å². The highest BCUT2D eigenvalue weighted by atomic mass is 15.2. The maximum absolute atomic E-state index is 4.40. The maximum Gasteiger partial charge on any atom is 0.149 e. The van der Waals surface area contributed by atoms with Crippen LogP contribution in [0.4, 0.5) is 11.6 Å². The van der Waals surface area contributed by atoms with Gasteiger partial charge in [-0.15, -0.1) is 0 Å². The van der Waals surface area contributed by atoms with Crippen molar-refractivity contribution in [2.45, 2.75) is 0 Å². The van der Waals surface area contributed by atoms with Gasteiger partial charge < -0.3 is 15.1 Å². The van der Waals surface area contributed by atoms with Crippen LogP contribution in [0.15, 0.2) is 12.4 Å². The zero-order chi connectivity index (χ0) is 11.3. The molecule has 0 saturated carbocycles. The molecule has 0 aliphatic carbocycles. The van der Waals surface area contributed by atoms with Gasteiger partial charge in [0, 0.05) is 27.2 Å². The van der Waals surface area contributed by atoms with Gasteiger partial charge in [0.2, 0.25) is 0 Å². The molecule has 0 unspecified atom stereocenters. The van der Waals surface area contributed by atoms with Crippen LogP contribution in [-0.4, -0.2) is 56.1 Å².